The molecule has 0 aliphatic carbocycles. The number of aromatic amines is 1. The first-order valence-corrected chi connectivity index (χ1v) is 15.9. The third-order valence-electron chi connectivity index (χ3n) is 3.60. The second-order valence-corrected chi connectivity index (χ2v) is 12.2. The average Bonchev–Trinajstić information content (AvgIpc) is 3.69. The van der Waals surface area contributed by atoms with Gasteiger partial charge in [0.25, 0.3) is 6.47 Å². The molecule has 0 aliphatic heterocycles. The maximum atomic E-state index is 11.5. The number of hydrogen-bond acceptors (Lipinski definition) is 16. The molecule has 1 N–H and O–H groups in total. The Kier molecular flexibility index (Phi) is 33.8. The van der Waals surface area contributed by atoms with Gasteiger partial charge in [-0.15, -0.1) is 20.4 Å². The van der Waals surface area contributed by atoms with Crippen molar-refractivity contribution in [3.8, 4) is 0 Å². The third kappa shape index (κ3) is 21.9. The minimum absolute atomic E-state index is 0. The predicted octanol–water partition coefficient (Wildman–Crippen LogP) is 1.13. The van der Waals surface area contributed by atoms with Crippen molar-refractivity contribution in [3.63, 3.8) is 0 Å². The summed E-state index contributed by atoms with van der Waals surface area (Å²) in [6, 6.07) is 0. The molecule has 4 rings (SSSR count). The summed E-state index contributed by atoms with van der Waals surface area (Å²) in [5.41, 5.74) is 0. The van der Waals surface area contributed by atoms with Crippen molar-refractivity contribution in [3.05, 3.63) is 63.9 Å². The number of H-pyrrole nitrogens is 1. The van der Waals surface area contributed by atoms with E-state index in [9.17, 15) is 14.0 Å². The summed E-state index contributed by atoms with van der Waals surface area (Å²) in [6.45, 7) is 3.89. The molecule has 4 aromatic heterocycles. The summed E-state index contributed by atoms with van der Waals surface area (Å²) in [5, 5.41) is 25.2. The molecule has 0 aromatic carbocycles. The van der Waals surface area contributed by atoms with Crippen LogP contribution in [0.5, 0.6) is 0 Å². The minimum atomic E-state index is -1.00. The molecule has 0 amide bonds. The number of alkyl halides is 1. The normalized spacial score (nSPS) is 9.17. The fourth-order valence-electron chi connectivity index (χ4n) is 2.02. The van der Waals surface area contributed by atoms with Crippen LogP contribution in [0.4, 0.5) is 4.39 Å². The Bertz CT molecular complexity index is 1550. The zero-order chi connectivity index (χ0) is 35.1. The van der Waals surface area contributed by atoms with Gasteiger partial charge in [-0.1, -0.05) is 93.1 Å². The van der Waals surface area contributed by atoms with Gasteiger partial charge in [0.05, 0.1) is 51.2 Å². The number of pyridine rings is 2. The first-order chi connectivity index (χ1) is 21.9. The second-order valence-electron chi connectivity index (χ2n) is 6.38. The number of esters is 2. The molecule has 0 aliphatic rings. The van der Waals surface area contributed by atoms with Crippen LogP contribution in [0.2, 0.25) is 24.6 Å². The maximum absolute atomic E-state index is 11.5. The van der Waals surface area contributed by atoms with Crippen LogP contribution in [0, 0.1) is 4.51 Å². The molecular weight excluding hydrogens is 863 g/mol. The molecule has 0 radical (unpaired) electrons. The summed E-state index contributed by atoms with van der Waals surface area (Å²) in [4.78, 5) is 40.8. The summed E-state index contributed by atoms with van der Waals surface area (Å²) < 4.78 is 26.3. The maximum Gasteiger partial charge on any atom is 1.00 e. The molecule has 47 heavy (non-hydrogen) atoms. The number of halogens is 6. The Morgan fingerprint density at radius 3 is 1.81 bits per heavy atom. The molecule has 0 saturated heterocycles. The van der Waals surface area contributed by atoms with E-state index >= 15 is 0 Å². The fourth-order valence-corrected chi connectivity index (χ4v) is 5.52. The van der Waals surface area contributed by atoms with Gasteiger partial charge in [-0.05, 0) is 25.4 Å². The van der Waals surface area contributed by atoms with Gasteiger partial charge >= 0.3 is 115 Å². The minimum Gasteiger partial charge on any atom is -1.00 e. The van der Waals surface area contributed by atoms with Crippen molar-refractivity contribution in [2.45, 2.75) is 23.1 Å². The summed E-state index contributed by atoms with van der Waals surface area (Å²) in [6.07, 6.45) is 6.16. The van der Waals surface area contributed by atoms with Crippen molar-refractivity contribution < 1.29 is 144 Å². The average molecular weight is 884 g/mol. The van der Waals surface area contributed by atoms with Crippen LogP contribution >= 0.6 is 105 Å². The zero-order valence-electron chi connectivity index (χ0n) is 26.5. The molecule has 248 valence electrons. The molecule has 0 unspecified atom stereocenters. The van der Waals surface area contributed by atoms with E-state index in [0.717, 1.165) is 22.7 Å². The van der Waals surface area contributed by atoms with Gasteiger partial charge in [0.2, 0.25) is 14.5 Å². The van der Waals surface area contributed by atoms with Crippen LogP contribution in [-0.2, 0) is 19.2 Å². The summed E-state index contributed by atoms with van der Waals surface area (Å²) in [7, 11) is -1.00. The Balaban J connectivity index is -0.000000291. The fraction of sp³-hybridized carbons (Fsp3) is 0.227. The van der Waals surface area contributed by atoms with Gasteiger partial charge in [0.15, 0.2) is 4.34 Å². The van der Waals surface area contributed by atoms with Crippen molar-refractivity contribution in [2.75, 3.05) is 20.4 Å². The molecule has 4 aromatic rings. The van der Waals surface area contributed by atoms with E-state index in [1.807, 2.05) is 0 Å². The Labute approximate surface area is 398 Å². The van der Waals surface area contributed by atoms with Crippen molar-refractivity contribution in [1.29, 1.82) is 0 Å². The predicted molar refractivity (Wildman–Crippen MR) is 172 cm³/mol. The number of nitrogens with one attached hydrogen (secondary N) is 1. The van der Waals surface area contributed by atoms with Crippen LogP contribution in [0.3, 0.4) is 0 Å². The second kappa shape index (κ2) is 31.7. The number of aromatic nitrogens is 6. The van der Waals surface area contributed by atoms with Crippen molar-refractivity contribution in [1.82, 2.24) is 30.4 Å². The van der Waals surface area contributed by atoms with Crippen molar-refractivity contribution >= 4 is 123 Å². The summed E-state index contributed by atoms with van der Waals surface area (Å²) >= 11 is 36.8. The largest absolute Gasteiger partial charge is 1.00 e. The Morgan fingerprint density at radius 1 is 0.979 bits per heavy atom. The van der Waals surface area contributed by atoms with Crippen LogP contribution in [0.1, 0.15) is 36.2 Å². The van der Waals surface area contributed by atoms with Gasteiger partial charge in [-0.25, -0.2) is 9.59 Å². The first-order valence-electron chi connectivity index (χ1n) is 11.8. The SMILES string of the molecule is CCOC(=O)c1nnc(Cl)s1.CCOC(=O)c1nnc(Sc2c(Cl)cncc2Cl)s1.O=CO[O-].S=c1c(Cl)c[nH]cc1Cl.[2H]CF.[H-].[K+].[K+]. The Morgan fingerprint density at radius 2 is 1.43 bits per heavy atom. The van der Waals surface area contributed by atoms with Crippen LogP contribution in [0.25, 0.3) is 0 Å². The number of carbonyl (C=O) groups is 3. The molecule has 0 bridgehead atoms. The molecule has 0 fully saturated rings. The van der Waals surface area contributed by atoms with Gasteiger partial charge in [-0.2, -0.15) is 0 Å². The van der Waals surface area contributed by atoms with Crippen LogP contribution in [-0.4, -0.2) is 69.1 Å². The molecule has 4 heterocycles. The van der Waals surface area contributed by atoms with Crippen molar-refractivity contribution in [2.24, 2.45) is 0 Å². The third-order valence-corrected chi connectivity index (χ3v) is 8.75. The van der Waals surface area contributed by atoms with Crippen LogP contribution < -0.4 is 108 Å². The molecule has 25 heteroatoms. The van der Waals surface area contributed by atoms with Gasteiger partial charge in [-0.3, -0.25) is 14.2 Å². The van der Waals surface area contributed by atoms with Gasteiger partial charge in [0, 0.05) is 24.8 Å². The number of ether oxygens (including phenoxy) is 2. The van der Waals surface area contributed by atoms with E-state index in [4.69, 9.17) is 86.4 Å². The molecule has 0 atom stereocenters. The Hall–Kier alpha value is 1.01. The standard InChI is InChI=1S/C10H7Cl2N3O2S2.C5H3Cl2NS.C5H5ClN2O2S.CH3F.CH2O3.2K.H/c1-2-17-9(16)8-14-15-10(19-8)18-7-5(11)3-13-4-6(7)12;6-3-1-8-2-4(7)5(3)9;1-2-10-4(9)3-7-8-5(6)11-3;1-2;2-1-4-3;;;/h3-4H,2H2,1H3;1-2H,(H,8,9);2H2,1H3;1H3;1,3H;;;/q;;;;;2*+1;-1/p-1/i;;;1D;;;;. The van der Waals surface area contributed by atoms with E-state index in [1.54, 1.807) is 26.2 Å². The smallest absolute Gasteiger partial charge is 1.00 e. The molecule has 0 spiro atoms. The molecule has 13 nitrogen and oxygen atoms in total. The topological polar surface area (TPSA) is 182 Å². The monoisotopic (exact) mass is 881 g/mol. The summed E-state index contributed by atoms with van der Waals surface area (Å²) in [5.74, 6) is -0.962. The van der Waals surface area contributed by atoms with E-state index in [2.05, 4.69) is 40.0 Å². The number of rotatable bonds is 7. The molecular formula is C22H20Cl5FK2N6O7S4. The van der Waals surface area contributed by atoms with E-state index in [0.29, 0.717) is 47.0 Å². The van der Waals surface area contributed by atoms with E-state index in [-0.39, 0.29) is 125 Å². The quantitative estimate of drug-likeness (QED) is 0.0697. The first kappa shape index (κ1) is 50.1. The van der Waals surface area contributed by atoms with E-state index in [1.165, 1.54) is 24.2 Å². The zero-order valence-corrected chi connectivity index (χ0v) is 37.8. The van der Waals surface area contributed by atoms with Gasteiger partial charge in [0.1, 0.15) is 0 Å². The van der Waals surface area contributed by atoms with Crippen LogP contribution in [0.15, 0.2) is 34.0 Å². The number of carbonyl (C=O) groups excluding carboxylic acids is 3. The molecule has 0 saturated carbocycles. The van der Waals surface area contributed by atoms with Gasteiger partial charge < -0.3 is 26.0 Å². The number of hydrogen-bond donors (Lipinski definition) is 1. The van der Waals surface area contributed by atoms with E-state index < -0.39 is 19.1 Å². The number of nitrogens with zero attached hydrogens (tertiary/aromatic N) is 5.